The Hall–Kier alpha value is -3.01. The van der Waals surface area contributed by atoms with Gasteiger partial charge in [-0.25, -0.2) is 4.99 Å². The molecule has 0 saturated heterocycles. The Kier molecular flexibility index (Phi) is 5.65. The summed E-state index contributed by atoms with van der Waals surface area (Å²) in [7, 11) is 0. The minimum absolute atomic E-state index is 0.0191. The molecule has 2 rings (SSSR count). The van der Waals surface area contributed by atoms with Gasteiger partial charge in [0.15, 0.2) is 0 Å². The molecule has 1 aliphatic rings. The van der Waals surface area contributed by atoms with E-state index in [1.54, 1.807) is 12.1 Å². The number of nitro groups is 1. The van der Waals surface area contributed by atoms with Crippen molar-refractivity contribution in [2.45, 2.75) is 26.7 Å². The maximum atomic E-state index is 11.1. The van der Waals surface area contributed by atoms with Crippen molar-refractivity contribution in [2.24, 2.45) is 16.8 Å². The van der Waals surface area contributed by atoms with E-state index in [9.17, 15) is 20.2 Å². The van der Waals surface area contributed by atoms with E-state index in [1.807, 2.05) is 20.8 Å². The zero-order valence-corrected chi connectivity index (χ0v) is 14.3. The van der Waals surface area contributed by atoms with Crippen LogP contribution in [0.25, 0.3) is 0 Å². The normalized spacial score (nSPS) is 20.0. The van der Waals surface area contributed by atoms with Crippen LogP contribution in [0.15, 0.2) is 40.5 Å². The third-order valence-corrected chi connectivity index (χ3v) is 4.38. The lowest BCUT2D eigenvalue weighted by Crippen LogP contribution is -2.32. The molecule has 0 bridgehead atoms. The quantitative estimate of drug-likeness (QED) is 0.448. The van der Waals surface area contributed by atoms with E-state index in [0.717, 1.165) is 5.71 Å². The third-order valence-electron chi connectivity index (χ3n) is 4.38. The molecular formula is C18H19N3O4. The molecular weight excluding hydrogens is 322 g/mol. The second kappa shape index (κ2) is 7.71. The molecule has 2 atom stereocenters. The number of hydrogen-bond donors (Lipinski definition) is 0. The van der Waals surface area contributed by atoms with Gasteiger partial charge in [0.1, 0.15) is 18.4 Å². The third kappa shape index (κ3) is 3.74. The summed E-state index contributed by atoms with van der Waals surface area (Å²) in [5, 5.41) is 20.6. The SMILES string of the molecule is CC1=NC(C#N)=C(COC=O)C(c2cccc([N+](=O)[O-])c2)C1C(C)C. The summed E-state index contributed by atoms with van der Waals surface area (Å²) in [5.74, 6) is -0.184. The van der Waals surface area contributed by atoms with Crippen molar-refractivity contribution >= 4 is 17.9 Å². The second-order valence-electron chi connectivity index (χ2n) is 6.25. The molecule has 7 heteroatoms. The number of allylic oxidation sites excluding steroid dienone is 1. The number of rotatable bonds is 6. The Morgan fingerprint density at radius 2 is 2.20 bits per heavy atom. The number of nitrogens with zero attached hydrogens (tertiary/aromatic N) is 3. The summed E-state index contributed by atoms with van der Waals surface area (Å²) in [6.07, 6.45) is 0. The Morgan fingerprint density at radius 1 is 1.48 bits per heavy atom. The maximum Gasteiger partial charge on any atom is 0.293 e. The highest BCUT2D eigenvalue weighted by molar-refractivity contribution is 5.89. The molecule has 0 aromatic heterocycles. The Balaban J connectivity index is 2.65. The van der Waals surface area contributed by atoms with Crippen molar-refractivity contribution in [1.29, 1.82) is 5.26 Å². The first kappa shape index (κ1) is 18.3. The fourth-order valence-electron chi connectivity index (χ4n) is 3.41. The van der Waals surface area contributed by atoms with E-state index in [0.29, 0.717) is 17.6 Å². The molecule has 1 aliphatic heterocycles. The van der Waals surface area contributed by atoms with Gasteiger partial charge in [-0.2, -0.15) is 5.26 Å². The van der Waals surface area contributed by atoms with Crippen LogP contribution in [0.2, 0.25) is 0 Å². The number of aliphatic imine (C=N–C) groups is 1. The zero-order chi connectivity index (χ0) is 18.6. The summed E-state index contributed by atoms with van der Waals surface area (Å²) in [6, 6.07) is 8.40. The van der Waals surface area contributed by atoms with Crippen molar-refractivity contribution < 1.29 is 14.5 Å². The second-order valence-corrected chi connectivity index (χ2v) is 6.25. The minimum atomic E-state index is -0.450. The average Bonchev–Trinajstić information content (AvgIpc) is 2.59. The highest BCUT2D eigenvalue weighted by atomic mass is 16.6. The van der Waals surface area contributed by atoms with Gasteiger partial charge in [0.05, 0.1) is 4.92 Å². The number of carbonyl (C=O) groups is 1. The molecule has 7 nitrogen and oxygen atoms in total. The Labute approximate surface area is 145 Å². The smallest absolute Gasteiger partial charge is 0.293 e. The topological polar surface area (TPSA) is 106 Å². The van der Waals surface area contributed by atoms with Gasteiger partial charge in [-0.3, -0.25) is 14.9 Å². The van der Waals surface area contributed by atoms with Crippen molar-refractivity contribution in [1.82, 2.24) is 0 Å². The van der Waals surface area contributed by atoms with Gasteiger partial charge in [0.25, 0.3) is 12.2 Å². The van der Waals surface area contributed by atoms with E-state index in [1.165, 1.54) is 12.1 Å². The Bertz CT molecular complexity index is 790. The van der Waals surface area contributed by atoms with Crippen molar-refractivity contribution in [2.75, 3.05) is 6.61 Å². The van der Waals surface area contributed by atoms with Crippen LogP contribution in [-0.4, -0.2) is 23.7 Å². The first-order chi connectivity index (χ1) is 11.9. The fraction of sp³-hybridized carbons (Fsp3) is 0.389. The summed E-state index contributed by atoms with van der Waals surface area (Å²) < 4.78 is 4.91. The summed E-state index contributed by atoms with van der Waals surface area (Å²) >= 11 is 0. The summed E-state index contributed by atoms with van der Waals surface area (Å²) in [5.41, 5.74) is 2.25. The number of carbonyl (C=O) groups excluding carboxylic acids is 1. The maximum absolute atomic E-state index is 11.1. The molecule has 1 heterocycles. The van der Waals surface area contributed by atoms with Crippen LogP contribution in [0.3, 0.4) is 0 Å². The first-order valence-corrected chi connectivity index (χ1v) is 7.88. The molecule has 0 radical (unpaired) electrons. The number of hydrogen-bond acceptors (Lipinski definition) is 6. The fourth-order valence-corrected chi connectivity index (χ4v) is 3.41. The van der Waals surface area contributed by atoms with Crippen LogP contribution in [0.1, 0.15) is 32.3 Å². The molecule has 1 aromatic carbocycles. The van der Waals surface area contributed by atoms with E-state index >= 15 is 0 Å². The lowest BCUT2D eigenvalue weighted by atomic mass is 9.71. The molecule has 0 fully saturated rings. The van der Waals surface area contributed by atoms with E-state index < -0.39 is 4.92 Å². The van der Waals surface area contributed by atoms with E-state index in [2.05, 4.69) is 11.1 Å². The lowest BCUT2D eigenvalue weighted by Gasteiger charge is -2.35. The van der Waals surface area contributed by atoms with Crippen LogP contribution in [-0.2, 0) is 9.53 Å². The van der Waals surface area contributed by atoms with Crippen LogP contribution >= 0.6 is 0 Å². The molecule has 0 spiro atoms. The first-order valence-electron chi connectivity index (χ1n) is 7.88. The number of nitriles is 1. The van der Waals surface area contributed by atoms with E-state index in [4.69, 9.17) is 4.74 Å². The predicted molar refractivity (Wildman–Crippen MR) is 91.9 cm³/mol. The minimum Gasteiger partial charge on any atom is -0.463 e. The summed E-state index contributed by atoms with van der Waals surface area (Å²) in [4.78, 5) is 25.7. The number of benzene rings is 1. The molecule has 0 aliphatic carbocycles. The van der Waals surface area contributed by atoms with Gasteiger partial charge in [-0.05, 0) is 18.4 Å². The molecule has 2 unspecified atom stereocenters. The Morgan fingerprint density at radius 3 is 2.76 bits per heavy atom. The lowest BCUT2D eigenvalue weighted by molar-refractivity contribution is -0.384. The highest BCUT2D eigenvalue weighted by Gasteiger charge is 2.37. The average molecular weight is 341 g/mol. The van der Waals surface area contributed by atoms with Gasteiger partial charge >= 0.3 is 0 Å². The van der Waals surface area contributed by atoms with Crippen molar-refractivity contribution in [3.63, 3.8) is 0 Å². The van der Waals surface area contributed by atoms with Crippen LogP contribution in [0.4, 0.5) is 5.69 Å². The van der Waals surface area contributed by atoms with Gasteiger partial charge in [0.2, 0.25) is 0 Å². The van der Waals surface area contributed by atoms with Crippen LogP contribution < -0.4 is 0 Å². The zero-order valence-electron chi connectivity index (χ0n) is 14.3. The molecule has 0 N–H and O–H groups in total. The van der Waals surface area contributed by atoms with Crippen molar-refractivity contribution in [3.8, 4) is 6.07 Å². The van der Waals surface area contributed by atoms with Crippen molar-refractivity contribution in [3.05, 3.63) is 51.2 Å². The molecule has 130 valence electrons. The number of ether oxygens (including phenoxy) is 1. The van der Waals surface area contributed by atoms with Gasteiger partial charge in [0, 0.05) is 35.3 Å². The standard InChI is InChI=1S/C18H19N3O4/c1-11(2)17-12(3)20-16(8-19)15(9-25-10-22)18(17)13-5-4-6-14(7-13)21(23)24/h4-7,10-11,17-18H,9H2,1-3H3. The highest BCUT2D eigenvalue weighted by Crippen LogP contribution is 2.42. The largest absolute Gasteiger partial charge is 0.463 e. The molecule has 1 aromatic rings. The van der Waals surface area contributed by atoms with Gasteiger partial charge in [-0.1, -0.05) is 26.0 Å². The summed E-state index contributed by atoms with van der Waals surface area (Å²) in [6.45, 7) is 6.17. The van der Waals surface area contributed by atoms with Crippen LogP contribution in [0.5, 0.6) is 0 Å². The number of non-ortho nitro benzene ring substituents is 1. The van der Waals surface area contributed by atoms with Gasteiger partial charge < -0.3 is 4.74 Å². The molecule has 25 heavy (non-hydrogen) atoms. The molecule has 0 saturated carbocycles. The number of nitro benzene ring substituents is 1. The van der Waals surface area contributed by atoms with E-state index in [-0.39, 0.29) is 35.7 Å². The monoisotopic (exact) mass is 341 g/mol. The molecule has 0 amide bonds. The van der Waals surface area contributed by atoms with Crippen LogP contribution in [0, 0.1) is 33.3 Å². The van der Waals surface area contributed by atoms with Gasteiger partial charge in [-0.15, -0.1) is 0 Å². The predicted octanol–water partition coefficient (Wildman–Crippen LogP) is 3.38.